The summed E-state index contributed by atoms with van der Waals surface area (Å²) in [4.78, 5) is 17.5. The molecule has 1 unspecified atom stereocenters. The van der Waals surface area contributed by atoms with Gasteiger partial charge in [0.1, 0.15) is 0 Å². The molecule has 2 aliphatic rings. The molecule has 1 saturated heterocycles. The second-order valence-corrected chi connectivity index (χ2v) is 8.96. The van der Waals surface area contributed by atoms with Crippen molar-refractivity contribution in [2.75, 3.05) is 26.2 Å². The molecule has 1 atom stereocenters. The Kier molecular flexibility index (Phi) is 6.86. The number of carbonyl (C=O) groups excluding carboxylic acids is 1. The summed E-state index contributed by atoms with van der Waals surface area (Å²) in [6, 6.07) is 21.4. The molecule has 1 heterocycles. The standard InChI is InChI=1S/C26H35N3O/c1-22(30)27-25(24-13-7-3-8-14-24)26(15-9-4-10-16-26)29-19-17-28(18-20-29)21-23-11-5-2-6-12-23/h2-3,5-8,11-14,25H,4,9-10,15-21H2,1H3,(H,27,30). The fourth-order valence-electron chi connectivity index (χ4n) is 5.52. The number of hydrogen-bond acceptors (Lipinski definition) is 3. The van der Waals surface area contributed by atoms with Crippen molar-refractivity contribution in [1.29, 1.82) is 0 Å². The highest BCUT2D eigenvalue weighted by molar-refractivity contribution is 5.73. The zero-order valence-corrected chi connectivity index (χ0v) is 18.2. The van der Waals surface area contributed by atoms with Crippen LogP contribution in [0.2, 0.25) is 0 Å². The van der Waals surface area contributed by atoms with Crippen molar-refractivity contribution in [3.8, 4) is 0 Å². The molecule has 1 aliphatic carbocycles. The largest absolute Gasteiger partial charge is 0.348 e. The lowest BCUT2D eigenvalue weighted by molar-refractivity contribution is -0.122. The monoisotopic (exact) mass is 405 g/mol. The Hall–Kier alpha value is -2.17. The predicted octanol–water partition coefficient (Wildman–Crippen LogP) is 4.38. The number of nitrogens with zero attached hydrogens (tertiary/aromatic N) is 2. The van der Waals surface area contributed by atoms with Gasteiger partial charge in [-0.15, -0.1) is 0 Å². The molecule has 0 bridgehead atoms. The molecular weight excluding hydrogens is 370 g/mol. The number of rotatable bonds is 6. The van der Waals surface area contributed by atoms with Gasteiger partial charge in [-0.1, -0.05) is 79.9 Å². The fraction of sp³-hybridized carbons (Fsp3) is 0.500. The Morgan fingerprint density at radius 1 is 0.900 bits per heavy atom. The van der Waals surface area contributed by atoms with Gasteiger partial charge in [0.05, 0.1) is 6.04 Å². The molecule has 2 fully saturated rings. The van der Waals surface area contributed by atoms with Crippen LogP contribution in [-0.2, 0) is 11.3 Å². The molecule has 0 spiro atoms. The summed E-state index contributed by atoms with van der Waals surface area (Å²) >= 11 is 0. The summed E-state index contributed by atoms with van der Waals surface area (Å²) in [5, 5.41) is 3.36. The third-order valence-electron chi connectivity index (χ3n) is 6.99. The van der Waals surface area contributed by atoms with E-state index < -0.39 is 0 Å². The summed E-state index contributed by atoms with van der Waals surface area (Å²) in [5.41, 5.74) is 2.64. The smallest absolute Gasteiger partial charge is 0.217 e. The summed E-state index contributed by atoms with van der Waals surface area (Å²) < 4.78 is 0. The van der Waals surface area contributed by atoms with Gasteiger partial charge < -0.3 is 5.32 Å². The van der Waals surface area contributed by atoms with Crippen molar-refractivity contribution < 1.29 is 4.79 Å². The summed E-state index contributed by atoms with van der Waals surface area (Å²) in [6.07, 6.45) is 6.11. The van der Waals surface area contributed by atoms with Crippen LogP contribution in [-0.4, -0.2) is 47.4 Å². The third-order valence-corrected chi connectivity index (χ3v) is 6.99. The molecule has 30 heavy (non-hydrogen) atoms. The van der Waals surface area contributed by atoms with Crippen LogP contribution in [0.4, 0.5) is 0 Å². The van der Waals surface area contributed by atoms with E-state index in [0.717, 1.165) is 45.6 Å². The Morgan fingerprint density at radius 3 is 2.10 bits per heavy atom. The van der Waals surface area contributed by atoms with Crippen LogP contribution in [0.3, 0.4) is 0 Å². The van der Waals surface area contributed by atoms with E-state index in [4.69, 9.17) is 0 Å². The minimum atomic E-state index is 0.0180. The number of nitrogens with one attached hydrogen (secondary N) is 1. The Labute approximate surface area is 181 Å². The molecule has 0 aromatic heterocycles. The summed E-state index contributed by atoms with van der Waals surface area (Å²) in [6.45, 7) is 6.97. The van der Waals surface area contributed by atoms with Crippen LogP contribution >= 0.6 is 0 Å². The van der Waals surface area contributed by atoms with Crippen molar-refractivity contribution in [1.82, 2.24) is 15.1 Å². The van der Waals surface area contributed by atoms with Crippen LogP contribution in [0.25, 0.3) is 0 Å². The number of hydrogen-bond donors (Lipinski definition) is 1. The molecular formula is C26H35N3O. The van der Waals surface area contributed by atoms with Gasteiger partial charge in [-0.25, -0.2) is 0 Å². The molecule has 1 aliphatic heterocycles. The molecule has 4 rings (SSSR count). The molecule has 0 radical (unpaired) electrons. The predicted molar refractivity (Wildman–Crippen MR) is 122 cm³/mol. The highest BCUT2D eigenvalue weighted by Crippen LogP contribution is 2.43. The topological polar surface area (TPSA) is 35.6 Å². The van der Waals surface area contributed by atoms with E-state index in [0.29, 0.717) is 0 Å². The van der Waals surface area contributed by atoms with E-state index in [-0.39, 0.29) is 17.5 Å². The minimum absolute atomic E-state index is 0.0180. The second-order valence-electron chi connectivity index (χ2n) is 8.96. The van der Waals surface area contributed by atoms with Gasteiger partial charge in [-0.05, 0) is 24.0 Å². The van der Waals surface area contributed by atoms with Crippen LogP contribution in [0, 0.1) is 0 Å². The Morgan fingerprint density at radius 2 is 1.50 bits per heavy atom. The number of piperazine rings is 1. The summed E-state index contributed by atoms with van der Waals surface area (Å²) in [5.74, 6) is 0.0662. The zero-order valence-electron chi connectivity index (χ0n) is 18.2. The molecule has 2 aromatic rings. The van der Waals surface area contributed by atoms with Gasteiger partial charge in [-0.3, -0.25) is 14.6 Å². The number of carbonyl (C=O) groups is 1. The second kappa shape index (κ2) is 9.76. The average Bonchev–Trinajstić information content (AvgIpc) is 2.79. The van der Waals surface area contributed by atoms with Crippen LogP contribution in [0.15, 0.2) is 60.7 Å². The van der Waals surface area contributed by atoms with E-state index in [1.807, 2.05) is 0 Å². The number of benzene rings is 2. The maximum atomic E-state index is 12.2. The van der Waals surface area contributed by atoms with E-state index in [9.17, 15) is 4.79 Å². The SMILES string of the molecule is CC(=O)NC(c1ccccc1)C1(N2CCN(Cc3ccccc3)CC2)CCCCC1. The first-order valence-corrected chi connectivity index (χ1v) is 11.5. The van der Waals surface area contributed by atoms with Crippen molar-refractivity contribution in [3.63, 3.8) is 0 Å². The fourth-order valence-corrected chi connectivity index (χ4v) is 5.52. The molecule has 2 aromatic carbocycles. The van der Waals surface area contributed by atoms with Gasteiger partial charge in [-0.2, -0.15) is 0 Å². The minimum Gasteiger partial charge on any atom is -0.348 e. The first-order valence-electron chi connectivity index (χ1n) is 11.5. The van der Waals surface area contributed by atoms with E-state index in [1.54, 1.807) is 6.92 Å². The Balaban J connectivity index is 1.53. The van der Waals surface area contributed by atoms with Gasteiger partial charge in [0.15, 0.2) is 0 Å². The van der Waals surface area contributed by atoms with Crippen molar-refractivity contribution in [3.05, 3.63) is 71.8 Å². The van der Waals surface area contributed by atoms with Crippen LogP contribution in [0.1, 0.15) is 56.2 Å². The zero-order chi connectivity index (χ0) is 20.8. The van der Waals surface area contributed by atoms with Gasteiger partial charge in [0.25, 0.3) is 0 Å². The quantitative estimate of drug-likeness (QED) is 0.774. The first kappa shape index (κ1) is 21.1. The lowest BCUT2D eigenvalue weighted by Gasteiger charge is -2.53. The van der Waals surface area contributed by atoms with E-state index >= 15 is 0 Å². The lowest BCUT2D eigenvalue weighted by atomic mass is 9.72. The molecule has 1 saturated carbocycles. The molecule has 1 amide bonds. The highest BCUT2D eigenvalue weighted by atomic mass is 16.1. The van der Waals surface area contributed by atoms with Crippen molar-refractivity contribution in [2.24, 2.45) is 0 Å². The molecule has 4 nitrogen and oxygen atoms in total. The summed E-state index contributed by atoms with van der Waals surface area (Å²) in [7, 11) is 0. The highest BCUT2D eigenvalue weighted by Gasteiger charge is 2.46. The first-order chi connectivity index (χ1) is 14.7. The maximum absolute atomic E-state index is 12.2. The van der Waals surface area contributed by atoms with Crippen LogP contribution < -0.4 is 5.32 Å². The van der Waals surface area contributed by atoms with Gasteiger partial charge in [0.2, 0.25) is 5.91 Å². The third kappa shape index (κ3) is 4.76. The van der Waals surface area contributed by atoms with Crippen molar-refractivity contribution in [2.45, 2.75) is 57.2 Å². The van der Waals surface area contributed by atoms with Crippen molar-refractivity contribution >= 4 is 5.91 Å². The maximum Gasteiger partial charge on any atom is 0.217 e. The number of amides is 1. The van der Waals surface area contributed by atoms with E-state index in [2.05, 4.69) is 75.8 Å². The van der Waals surface area contributed by atoms with Gasteiger partial charge in [0, 0.05) is 45.2 Å². The Bertz CT molecular complexity index is 794. The normalized spacial score (nSPS) is 21.1. The van der Waals surface area contributed by atoms with E-state index in [1.165, 1.54) is 30.4 Å². The van der Waals surface area contributed by atoms with Crippen LogP contribution in [0.5, 0.6) is 0 Å². The lowest BCUT2D eigenvalue weighted by Crippen LogP contribution is -2.62. The van der Waals surface area contributed by atoms with Gasteiger partial charge >= 0.3 is 0 Å². The molecule has 1 N–H and O–H groups in total. The molecule has 4 heteroatoms. The average molecular weight is 406 g/mol. The molecule has 160 valence electrons.